The van der Waals surface area contributed by atoms with Crippen molar-refractivity contribution in [3.8, 4) is 0 Å². The highest BCUT2D eigenvalue weighted by molar-refractivity contribution is 5.18. The molecule has 0 aliphatic heterocycles. The van der Waals surface area contributed by atoms with Gasteiger partial charge in [-0.1, -0.05) is 38.8 Å². The Morgan fingerprint density at radius 1 is 1.08 bits per heavy atom. The maximum atomic E-state index is 9.47. The monoisotopic (exact) mass is 184 g/mol. The fourth-order valence-electron chi connectivity index (χ4n) is 1.29. The molecule has 2 unspecified atom stereocenters. The lowest BCUT2D eigenvalue weighted by Crippen LogP contribution is -2.18. The first-order valence-electron chi connectivity index (χ1n) is 5.03. The zero-order valence-electron chi connectivity index (χ0n) is 10.1. The molecule has 13 heavy (non-hydrogen) atoms. The summed E-state index contributed by atoms with van der Waals surface area (Å²) in [5.74, 6) is 0.263. The average molecular weight is 184 g/mol. The molecule has 2 atom stereocenters. The molecule has 0 amide bonds. The topological polar surface area (TPSA) is 20.2 Å². The van der Waals surface area contributed by atoms with Gasteiger partial charge in [-0.05, 0) is 26.2 Å². The third-order valence-corrected chi connectivity index (χ3v) is 3.12. The molecule has 0 aromatic heterocycles. The summed E-state index contributed by atoms with van der Waals surface area (Å²) in [5, 5.41) is 9.47. The van der Waals surface area contributed by atoms with Crippen LogP contribution in [0.1, 0.15) is 48.5 Å². The number of aliphatic hydroxyl groups is 1. The van der Waals surface area contributed by atoms with Crippen molar-refractivity contribution in [1.29, 1.82) is 0 Å². The highest BCUT2D eigenvalue weighted by Crippen LogP contribution is 2.31. The summed E-state index contributed by atoms with van der Waals surface area (Å²) in [4.78, 5) is 0. The van der Waals surface area contributed by atoms with E-state index >= 15 is 0 Å². The van der Waals surface area contributed by atoms with Crippen molar-refractivity contribution in [2.75, 3.05) is 0 Å². The summed E-state index contributed by atoms with van der Waals surface area (Å²) in [7, 11) is 0. The van der Waals surface area contributed by atoms with Gasteiger partial charge in [-0.15, -0.1) is 0 Å². The van der Waals surface area contributed by atoms with E-state index in [1.54, 1.807) is 0 Å². The molecule has 0 saturated carbocycles. The van der Waals surface area contributed by atoms with Gasteiger partial charge in [0.25, 0.3) is 0 Å². The van der Waals surface area contributed by atoms with Gasteiger partial charge in [-0.3, -0.25) is 0 Å². The Bertz CT molecular complexity index is 194. The van der Waals surface area contributed by atoms with Crippen molar-refractivity contribution < 1.29 is 5.11 Å². The standard InChI is InChI=1S/C12H24O/c1-8(9(2)11(4)13)10(3)12(5,6)7/h9,11,13H,1-7H3. The summed E-state index contributed by atoms with van der Waals surface area (Å²) in [6.45, 7) is 14.8. The predicted octanol–water partition coefficient (Wildman–Crippen LogP) is 3.39. The van der Waals surface area contributed by atoms with E-state index in [1.807, 2.05) is 6.92 Å². The molecule has 0 aliphatic rings. The van der Waals surface area contributed by atoms with Gasteiger partial charge < -0.3 is 5.11 Å². The molecule has 0 aliphatic carbocycles. The first kappa shape index (κ1) is 12.7. The summed E-state index contributed by atoms with van der Waals surface area (Å²) < 4.78 is 0. The maximum Gasteiger partial charge on any atom is 0.0574 e. The van der Waals surface area contributed by atoms with Gasteiger partial charge in [0, 0.05) is 5.92 Å². The molecule has 0 aromatic rings. The van der Waals surface area contributed by atoms with Crippen LogP contribution in [0.5, 0.6) is 0 Å². The molecule has 0 rings (SSSR count). The highest BCUT2D eigenvalue weighted by Gasteiger charge is 2.19. The normalized spacial score (nSPS) is 19.4. The van der Waals surface area contributed by atoms with Gasteiger partial charge in [0.05, 0.1) is 6.10 Å². The van der Waals surface area contributed by atoms with E-state index in [1.165, 1.54) is 11.1 Å². The minimum Gasteiger partial charge on any atom is -0.393 e. The van der Waals surface area contributed by atoms with Crippen LogP contribution in [0, 0.1) is 11.3 Å². The summed E-state index contributed by atoms with van der Waals surface area (Å²) >= 11 is 0. The Hall–Kier alpha value is -0.300. The van der Waals surface area contributed by atoms with Gasteiger partial charge in [0.1, 0.15) is 0 Å². The fraction of sp³-hybridized carbons (Fsp3) is 0.833. The van der Waals surface area contributed by atoms with E-state index in [-0.39, 0.29) is 17.4 Å². The lowest BCUT2D eigenvalue weighted by Gasteiger charge is -2.26. The van der Waals surface area contributed by atoms with Crippen LogP contribution in [0.4, 0.5) is 0 Å². The first-order valence-corrected chi connectivity index (χ1v) is 5.03. The summed E-state index contributed by atoms with van der Waals surface area (Å²) in [6, 6.07) is 0. The Morgan fingerprint density at radius 3 is 1.69 bits per heavy atom. The predicted molar refractivity (Wildman–Crippen MR) is 58.7 cm³/mol. The van der Waals surface area contributed by atoms with Gasteiger partial charge >= 0.3 is 0 Å². The summed E-state index contributed by atoms with van der Waals surface area (Å²) in [5.41, 5.74) is 2.93. The van der Waals surface area contributed by atoms with Gasteiger partial charge in [-0.25, -0.2) is 0 Å². The van der Waals surface area contributed by atoms with Crippen molar-refractivity contribution in [3.63, 3.8) is 0 Å². The third kappa shape index (κ3) is 3.51. The molecular weight excluding hydrogens is 160 g/mol. The van der Waals surface area contributed by atoms with E-state index in [0.29, 0.717) is 0 Å². The Balaban J connectivity index is 4.82. The molecule has 0 heterocycles. The Kier molecular flexibility index (Phi) is 4.18. The van der Waals surface area contributed by atoms with Crippen LogP contribution < -0.4 is 0 Å². The van der Waals surface area contributed by atoms with E-state index in [0.717, 1.165) is 0 Å². The van der Waals surface area contributed by atoms with Crippen molar-refractivity contribution in [2.45, 2.75) is 54.6 Å². The average Bonchev–Trinajstić information content (AvgIpc) is 1.98. The second-order valence-electron chi connectivity index (χ2n) is 5.09. The number of rotatable bonds is 2. The SMILES string of the molecule is CC(=C(C)C(C)(C)C)C(C)C(C)O. The minimum absolute atomic E-state index is 0.216. The molecule has 1 N–H and O–H groups in total. The van der Waals surface area contributed by atoms with Crippen molar-refractivity contribution >= 4 is 0 Å². The van der Waals surface area contributed by atoms with Crippen LogP contribution in [0.2, 0.25) is 0 Å². The zero-order valence-corrected chi connectivity index (χ0v) is 10.1. The van der Waals surface area contributed by atoms with E-state index in [4.69, 9.17) is 0 Å². The molecule has 0 spiro atoms. The molecule has 0 aromatic carbocycles. The van der Waals surface area contributed by atoms with Crippen molar-refractivity contribution in [3.05, 3.63) is 11.1 Å². The number of hydrogen-bond donors (Lipinski definition) is 1. The second kappa shape index (κ2) is 4.28. The third-order valence-electron chi connectivity index (χ3n) is 3.12. The fourth-order valence-corrected chi connectivity index (χ4v) is 1.29. The largest absolute Gasteiger partial charge is 0.393 e. The van der Waals surface area contributed by atoms with Crippen LogP contribution in [-0.2, 0) is 0 Å². The van der Waals surface area contributed by atoms with Crippen LogP contribution in [0.3, 0.4) is 0 Å². The lowest BCUT2D eigenvalue weighted by atomic mass is 9.80. The van der Waals surface area contributed by atoms with Gasteiger partial charge in [0.2, 0.25) is 0 Å². The van der Waals surface area contributed by atoms with Crippen LogP contribution in [-0.4, -0.2) is 11.2 Å². The lowest BCUT2D eigenvalue weighted by molar-refractivity contribution is 0.151. The van der Waals surface area contributed by atoms with Gasteiger partial charge in [-0.2, -0.15) is 0 Å². The molecule has 1 nitrogen and oxygen atoms in total. The second-order valence-corrected chi connectivity index (χ2v) is 5.09. The van der Waals surface area contributed by atoms with E-state index in [9.17, 15) is 5.11 Å². The molecule has 1 heteroatoms. The molecular formula is C12H24O. The number of allylic oxidation sites excluding steroid dienone is 1. The van der Waals surface area contributed by atoms with Gasteiger partial charge in [0.15, 0.2) is 0 Å². The zero-order chi connectivity index (χ0) is 10.8. The molecule has 0 saturated heterocycles. The van der Waals surface area contributed by atoms with Crippen molar-refractivity contribution in [1.82, 2.24) is 0 Å². The van der Waals surface area contributed by atoms with E-state index in [2.05, 4.69) is 41.5 Å². The maximum absolute atomic E-state index is 9.47. The minimum atomic E-state index is -0.253. The Morgan fingerprint density at radius 2 is 1.46 bits per heavy atom. The highest BCUT2D eigenvalue weighted by atomic mass is 16.3. The molecule has 0 bridgehead atoms. The summed E-state index contributed by atoms with van der Waals surface area (Å²) in [6.07, 6.45) is -0.253. The molecule has 78 valence electrons. The Labute approximate surface area is 82.9 Å². The van der Waals surface area contributed by atoms with Crippen LogP contribution in [0.25, 0.3) is 0 Å². The van der Waals surface area contributed by atoms with E-state index < -0.39 is 0 Å². The number of hydrogen-bond acceptors (Lipinski definition) is 1. The first-order chi connectivity index (χ1) is 5.68. The van der Waals surface area contributed by atoms with Crippen LogP contribution >= 0.6 is 0 Å². The molecule has 0 fully saturated rings. The van der Waals surface area contributed by atoms with Crippen LogP contribution in [0.15, 0.2) is 11.1 Å². The van der Waals surface area contributed by atoms with Crippen molar-refractivity contribution in [2.24, 2.45) is 11.3 Å². The number of aliphatic hydroxyl groups excluding tert-OH is 1. The smallest absolute Gasteiger partial charge is 0.0574 e. The quantitative estimate of drug-likeness (QED) is 0.652. The molecule has 0 radical (unpaired) electrons.